The van der Waals surface area contributed by atoms with Gasteiger partial charge in [-0.1, -0.05) is 42.8 Å². The minimum Gasteiger partial charge on any atom is -0.484 e. The molecule has 0 unspecified atom stereocenters. The van der Waals surface area contributed by atoms with Crippen LogP contribution in [-0.4, -0.2) is 28.5 Å². The molecule has 0 heterocycles. The van der Waals surface area contributed by atoms with Gasteiger partial charge in [0, 0.05) is 22.2 Å². The molecule has 0 spiro atoms. The predicted octanol–water partition coefficient (Wildman–Crippen LogP) is 3.37. The van der Waals surface area contributed by atoms with Crippen LogP contribution in [0.3, 0.4) is 0 Å². The van der Waals surface area contributed by atoms with E-state index in [0.717, 1.165) is 10.0 Å². The molecule has 2 aromatic carbocycles. The van der Waals surface area contributed by atoms with Gasteiger partial charge in [0.2, 0.25) is 0 Å². The second kappa shape index (κ2) is 10.3. The topological polar surface area (TPSA) is 123 Å². The van der Waals surface area contributed by atoms with E-state index in [9.17, 15) is 19.7 Å². The molecule has 2 aromatic rings. The molecular formula is C20H21BrN4O5S. The first-order valence-electron chi connectivity index (χ1n) is 9.05. The van der Waals surface area contributed by atoms with E-state index < -0.39 is 16.7 Å². The lowest BCUT2D eigenvalue weighted by Crippen LogP contribution is -2.49. The number of amides is 2. The van der Waals surface area contributed by atoms with Crippen molar-refractivity contribution in [3.05, 3.63) is 68.2 Å². The van der Waals surface area contributed by atoms with E-state index >= 15 is 0 Å². The van der Waals surface area contributed by atoms with Gasteiger partial charge in [-0.05, 0) is 47.5 Å². The van der Waals surface area contributed by atoms with E-state index in [1.165, 1.54) is 24.3 Å². The third kappa shape index (κ3) is 7.30. The molecule has 9 nitrogen and oxygen atoms in total. The molecule has 0 aliphatic rings. The van der Waals surface area contributed by atoms with E-state index in [1.807, 2.05) is 6.07 Å². The Hall–Kier alpha value is -3.05. The number of rotatable bonds is 5. The first-order chi connectivity index (χ1) is 14.5. The molecule has 0 saturated heterocycles. The summed E-state index contributed by atoms with van der Waals surface area (Å²) in [7, 11) is 0. The number of benzene rings is 2. The van der Waals surface area contributed by atoms with E-state index in [2.05, 4.69) is 52.9 Å². The molecule has 164 valence electrons. The van der Waals surface area contributed by atoms with Crippen molar-refractivity contribution < 1.29 is 19.2 Å². The maximum absolute atomic E-state index is 12.4. The van der Waals surface area contributed by atoms with Crippen LogP contribution in [0.25, 0.3) is 0 Å². The van der Waals surface area contributed by atoms with E-state index in [-0.39, 0.29) is 22.8 Å². The number of hydrogen-bond acceptors (Lipinski definition) is 6. The highest BCUT2D eigenvalue weighted by molar-refractivity contribution is 9.10. The van der Waals surface area contributed by atoms with Gasteiger partial charge in [-0.15, -0.1) is 0 Å². The van der Waals surface area contributed by atoms with Crippen molar-refractivity contribution in [2.45, 2.75) is 26.2 Å². The van der Waals surface area contributed by atoms with Crippen LogP contribution in [0.4, 0.5) is 5.69 Å². The fourth-order valence-corrected chi connectivity index (χ4v) is 3.56. The second-order valence-electron chi connectivity index (χ2n) is 7.44. The minimum atomic E-state index is -0.563. The Morgan fingerprint density at radius 2 is 1.77 bits per heavy atom. The van der Waals surface area contributed by atoms with Crippen LogP contribution >= 0.6 is 28.1 Å². The molecule has 2 amide bonds. The molecule has 11 heteroatoms. The monoisotopic (exact) mass is 508 g/mol. The average Bonchev–Trinajstić information content (AvgIpc) is 2.69. The molecule has 31 heavy (non-hydrogen) atoms. The largest absolute Gasteiger partial charge is 0.484 e. The summed E-state index contributed by atoms with van der Waals surface area (Å²) in [5.74, 6) is -0.705. The van der Waals surface area contributed by atoms with Crippen LogP contribution in [0.2, 0.25) is 0 Å². The molecule has 0 fully saturated rings. The van der Waals surface area contributed by atoms with Crippen molar-refractivity contribution in [2.75, 3.05) is 6.61 Å². The van der Waals surface area contributed by atoms with Crippen molar-refractivity contribution in [2.24, 2.45) is 0 Å². The highest BCUT2D eigenvalue weighted by atomic mass is 79.9. The summed E-state index contributed by atoms with van der Waals surface area (Å²) in [5, 5.41) is 13.0. The maximum atomic E-state index is 12.4. The average molecular weight is 509 g/mol. The van der Waals surface area contributed by atoms with Gasteiger partial charge in [-0.3, -0.25) is 35.9 Å². The molecular weight excluding hydrogens is 488 g/mol. The Kier molecular flexibility index (Phi) is 8.06. The van der Waals surface area contributed by atoms with Crippen LogP contribution in [0, 0.1) is 10.1 Å². The highest BCUT2D eigenvalue weighted by Crippen LogP contribution is 2.30. The minimum absolute atomic E-state index is 0.0779. The zero-order chi connectivity index (χ0) is 23.2. The van der Waals surface area contributed by atoms with Gasteiger partial charge in [0.1, 0.15) is 5.75 Å². The van der Waals surface area contributed by atoms with Crippen LogP contribution in [-0.2, 0) is 10.2 Å². The number of nitrogens with one attached hydrogen (secondary N) is 3. The lowest BCUT2D eigenvalue weighted by molar-refractivity contribution is -0.384. The number of nitrogens with zero attached hydrogens (tertiary/aromatic N) is 1. The third-order valence-electron chi connectivity index (χ3n) is 4.00. The standard InChI is InChI=1S/C20H21BrN4O5S/c1-20(2,3)15-9-4-12(10-16(15)21)18(27)22-19(31)24-23-17(26)11-30-14-7-5-13(6-8-14)25(28)29/h4-10H,11H2,1-3H3,(H,23,26)(H2,22,24,27,31). The van der Waals surface area contributed by atoms with Gasteiger partial charge in [0.15, 0.2) is 11.7 Å². The Morgan fingerprint density at radius 1 is 1.13 bits per heavy atom. The molecule has 0 saturated carbocycles. The summed E-state index contributed by atoms with van der Waals surface area (Å²) in [6, 6.07) is 10.6. The first-order valence-corrected chi connectivity index (χ1v) is 10.2. The van der Waals surface area contributed by atoms with Gasteiger partial charge < -0.3 is 4.74 Å². The fraction of sp³-hybridized carbons (Fsp3) is 0.250. The SMILES string of the molecule is CC(C)(C)c1ccc(C(=O)NC(=S)NNC(=O)COc2ccc([N+](=O)[O-])cc2)cc1Br. The summed E-state index contributed by atoms with van der Waals surface area (Å²) in [5.41, 5.74) is 6.00. The summed E-state index contributed by atoms with van der Waals surface area (Å²) in [6.07, 6.45) is 0. The predicted molar refractivity (Wildman–Crippen MR) is 123 cm³/mol. The lowest BCUT2D eigenvalue weighted by Gasteiger charge is -2.21. The maximum Gasteiger partial charge on any atom is 0.276 e. The lowest BCUT2D eigenvalue weighted by atomic mass is 9.86. The van der Waals surface area contributed by atoms with Crippen molar-refractivity contribution in [3.8, 4) is 5.75 Å². The van der Waals surface area contributed by atoms with E-state index in [0.29, 0.717) is 11.3 Å². The number of hydrazine groups is 1. The van der Waals surface area contributed by atoms with Crippen molar-refractivity contribution in [1.82, 2.24) is 16.2 Å². The van der Waals surface area contributed by atoms with Crippen LogP contribution in [0.15, 0.2) is 46.9 Å². The molecule has 0 aliphatic heterocycles. The van der Waals surface area contributed by atoms with E-state index in [4.69, 9.17) is 17.0 Å². The van der Waals surface area contributed by atoms with Crippen LogP contribution in [0.5, 0.6) is 5.75 Å². The molecule has 3 N–H and O–H groups in total. The highest BCUT2D eigenvalue weighted by Gasteiger charge is 2.18. The number of thiocarbonyl (C=S) groups is 1. The molecule has 0 aromatic heterocycles. The quantitative estimate of drug-likeness (QED) is 0.321. The van der Waals surface area contributed by atoms with Gasteiger partial charge in [-0.2, -0.15) is 0 Å². The molecule has 2 rings (SSSR count). The summed E-state index contributed by atoms with van der Waals surface area (Å²) in [6.45, 7) is 5.85. The fourth-order valence-electron chi connectivity index (χ4n) is 2.45. The van der Waals surface area contributed by atoms with Crippen molar-refractivity contribution in [3.63, 3.8) is 0 Å². The van der Waals surface area contributed by atoms with Gasteiger partial charge in [0.25, 0.3) is 17.5 Å². The summed E-state index contributed by atoms with van der Waals surface area (Å²) >= 11 is 8.49. The normalized spacial score (nSPS) is 10.7. The van der Waals surface area contributed by atoms with Crippen LogP contribution < -0.4 is 20.9 Å². The molecule has 0 aliphatic carbocycles. The number of nitro benzene ring substituents is 1. The molecule has 0 bridgehead atoms. The van der Waals surface area contributed by atoms with Gasteiger partial charge >= 0.3 is 0 Å². The van der Waals surface area contributed by atoms with Gasteiger partial charge in [0.05, 0.1) is 4.92 Å². The number of carbonyl (C=O) groups is 2. The first kappa shape index (κ1) is 24.2. The number of carbonyl (C=O) groups excluding carboxylic acids is 2. The number of hydrogen-bond donors (Lipinski definition) is 3. The van der Waals surface area contributed by atoms with Gasteiger partial charge in [-0.25, -0.2) is 0 Å². The number of nitro groups is 1. The van der Waals surface area contributed by atoms with Crippen molar-refractivity contribution >= 4 is 50.8 Å². The Labute approximate surface area is 192 Å². The summed E-state index contributed by atoms with van der Waals surface area (Å²) in [4.78, 5) is 34.3. The Balaban J connectivity index is 1.80. The number of ether oxygens (including phenoxy) is 1. The van der Waals surface area contributed by atoms with Crippen molar-refractivity contribution in [1.29, 1.82) is 0 Å². The molecule has 0 atom stereocenters. The zero-order valence-corrected chi connectivity index (χ0v) is 19.4. The Bertz CT molecular complexity index is 1010. The number of halogens is 1. The van der Waals surface area contributed by atoms with E-state index in [1.54, 1.807) is 12.1 Å². The Morgan fingerprint density at radius 3 is 2.32 bits per heavy atom. The second-order valence-corrected chi connectivity index (χ2v) is 8.70. The molecule has 0 radical (unpaired) electrons. The zero-order valence-electron chi connectivity index (χ0n) is 17.0. The smallest absolute Gasteiger partial charge is 0.276 e. The van der Waals surface area contributed by atoms with Crippen LogP contribution in [0.1, 0.15) is 36.7 Å². The third-order valence-corrected chi connectivity index (χ3v) is 4.86. The summed E-state index contributed by atoms with van der Waals surface area (Å²) < 4.78 is 6.04. The number of non-ortho nitro benzene ring substituents is 1.